The number of hydrogen-bond acceptors (Lipinski definition) is 0. The van der Waals surface area contributed by atoms with Crippen molar-refractivity contribution >= 4 is 43.1 Å². The Labute approximate surface area is 303 Å². The molecule has 10 rings (SSSR count). The van der Waals surface area contributed by atoms with E-state index in [1.165, 1.54) is 98.7 Å². The second-order valence-corrected chi connectivity index (χ2v) is 13.7. The van der Waals surface area contributed by atoms with Gasteiger partial charge in [-0.2, -0.15) is 0 Å². The predicted molar refractivity (Wildman–Crippen MR) is 224 cm³/mol. The molecule has 0 atom stereocenters. The van der Waals surface area contributed by atoms with Crippen LogP contribution in [-0.4, -0.2) is 0 Å². The molecule has 10 aromatic rings. The van der Waals surface area contributed by atoms with Crippen molar-refractivity contribution in [1.82, 2.24) is 0 Å². The van der Waals surface area contributed by atoms with Crippen LogP contribution in [0.2, 0.25) is 0 Å². The molecule has 0 saturated carbocycles. The first-order valence-corrected chi connectivity index (χ1v) is 18.0. The molecule has 0 N–H and O–H groups in total. The van der Waals surface area contributed by atoms with Crippen molar-refractivity contribution in [2.75, 3.05) is 0 Å². The van der Waals surface area contributed by atoms with E-state index >= 15 is 0 Å². The summed E-state index contributed by atoms with van der Waals surface area (Å²) in [4.78, 5) is 0. The lowest BCUT2D eigenvalue weighted by molar-refractivity contribution is 1.60. The monoisotopic (exact) mass is 658 g/mol. The zero-order valence-corrected chi connectivity index (χ0v) is 28.6. The van der Waals surface area contributed by atoms with Crippen LogP contribution in [-0.2, 0) is 0 Å². The molecule has 0 saturated heterocycles. The van der Waals surface area contributed by atoms with Gasteiger partial charge in [-0.05, 0) is 117 Å². The minimum Gasteiger partial charge on any atom is -0.0622 e. The molecule has 0 unspecified atom stereocenters. The zero-order valence-electron chi connectivity index (χ0n) is 28.6. The van der Waals surface area contributed by atoms with Gasteiger partial charge in [-0.15, -0.1) is 0 Å². The lowest BCUT2D eigenvalue weighted by Crippen LogP contribution is -1.93. The fourth-order valence-electron chi connectivity index (χ4n) is 8.10. The van der Waals surface area contributed by atoms with Gasteiger partial charge in [0.05, 0.1) is 0 Å². The minimum absolute atomic E-state index is 1.21. The van der Waals surface area contributed by atoms with Crippen molar-refractivity contribution < 1.29 is 0 Å². The Morgan fingerprint density at radius 2 is 0.654 bits per heavy atom. The fraction of sp³-hybridized carbons (Fsp3) is 0. The van der Waals surface area contributed by atoms with Crippen LogP contribution < -0.4 is 0 Å². The van der Waals surface area contributed by atoms with E-state index in [4.69, 9.17) is 0 Å². The molecule has 0 aliphatic heterocycles. The van der Waals surface area contributed by atoms with Crippen LogP contribution in [0.25, 0.3) is 98.7 Å². The van der Waals surface area contributed by atoms with Crippen molar-refractivity contribution in [3.05, 3.63) is 206 Å². The summed E-state index contributed by atoms with van der Waals surface area (Å²) < 4.78 is 0. The van der Waals surface area contributed by atoms with E-state index in [1.807, 2.05) is 0 Å². The van der Waals surface area contributed by atoms with Crippen LogP contribution in [0, 0.1) is 0 Å². The molecule has 0 radical (unpaired) electrons. The maximum absolute atomic E-state index is 2.42. The van der Waals surface area contributed by atoms with Crippen molar-refractivity contribution in [3.63, 3.8) is 0 Å². The number of hydrogen-bond donors (Lipinski definition) is 0. The van der Waals surface area contributed by atoms with E-state index < -0.39 is 0 Å². The van der Waals surface area contributed by atoms with Crippen molar-refractivity contribution in [2.24, 2.45) is 0 Å². The van der Waals surface area contributed by atoms with Gasteiger partial charge in [-0.3, -0.25) is 0 Å². The molecule has 0 amide bonds. The van der Waals surface area contributed by atoms with Crippen LogP contribution in [0.4, 0.5) is 0 Å². The first kappa shape index (κ1) is 30.1. The highest BCUT2D eigenvalue weighted by atomic mass is 14.2. The van der Waals surface area contributed by atoms with Gasteiger partial charge >= 0.3 is 0 Å². The Balaban J connectivity index is 1.20. The molecule has 242 valence electrons. The van der Waals surface area contributed by atoms with Crippen molar-refractivity contribution in [2.45, 2.75) is 0 Å². The average molecular weight is 659 g/mol. The van der Waals surface area contributed by atoms with Crippen LogP contribution in [0.1, 0.15) is 0 Å². The molecule has 0 aliphatic rings. The molecule has 0 aromatic heterocycles. The van der Waals surface area contributed by atoms with Crippen LogP contribution >= 0.6 is 0 Å². The molecule has 0 spiro atoms. The van der Waals surface area contributed by atoms with Crippen LogP contribution in [0.15, 0.2) is 206 Å². The summed E-state index contributed by atoms with van der Waals surface area (Å²) >= 11 is 0. The van der Waals surface area contributed by atoms with Gasteiger partial charge in [-0.1, -0.05) is 188 Å². The number of fused-ring (bicyclic) bond motifs is 5. The van der Waals surface area contributed by atoms with Crippen molar-refractivity contribution in [1.29, 1.82) is 0 Å². The Morgan fingerprint density at radius 1 is 0.192 bits per heavy atom. The second kappa shape index (κ2) is 12.5. The molecule has 10 aromatic carbocycles. The van der Waals surface area contributed by atoms with E-state index in [0.29, 0.717) is 0 Å². The Kier molecular flexibility index (Phi) is 7.25. The summed E-state index contributed by atoms with van der Waals surface area (Å²) in [7, 11) is 0. The molecule has 52 heavy (non-hydrogen) atoms. The smallest absolute Gasteiger partial charge is 0.00201 e. The molecule has 0 bridgehead atoms. The summed E-state index contributed by atoms with van der Waals surface area (Å²) in [6.07, 6.45) is 0. The lowest BCUT2D eigenvalue weighted by Gasteiger charge is -2.20. The van der Waals surface area contributed by atoms with Gasteiger partial charge < -0.3 is 0 Å². The number of rotatable bonds is 5. The highest BCUT2D eigenvalue weighted by Gasteiger charge is 2.19. The van der Waals surface area contributed by atoms with E-state index in [9.17, 15) is 0 Å². The second-order valence-electron chi connectivity index (χ2n) is 13.7. The average Bonchev–Trinajstić information content (AvgIpc) is 3.23. The molecule has 0 fully saturated rings. The van der Waals surface area contributed by atoms with Gasteiger partial charge in [-0.25, -0.2) is 0 Å². The largest absolute Gasteiger partial charge is 0.0622 e. The maximum atomic E-state index is 2.42. The molecular formula is C52H34. The molecule has 0 nitrogen and oxygen atoms in total. The quantitative estimate of drug-likeness (QED) is 0.161. The van der Waals surface area contributed by atoms with Crippen LogP contribution in [0.3, 0.4) is 0 Å². The standard InChI is InChI=1S/C52H34/c1-3-14-39(15-4-1)51-49-33-43(37-24-22-36(23-25-37)42-27-26-35-12-7-8-18-41(35)32-42)28-30-47(49)48-31-29-44(34-50(48)52(51)40-16-5-2-6-17-40)46-21-11-19-38-13-9-10-20-45(38)46/h1-34H. The lowest BCUT2D eigenvalue weighted by atomic mass is 9.83. The van der Waals surface area contributed by atoms with Gasteiger partial charge in [0, 0.05) is 0 Å². The third-order valence-corrected chi connectivity index (χ3v) is 10.6. The molecular weight excluding hydrogens is 625 g/mol. The third-order valence-electron chi connectivity index (χ3n) is 10.6. The highest BCUT2D eigenvalue weighted by molar-refractivity contribution is 6.23. The van der Waals surface area contributed by atoms with Gasteiger partial charge in [0.15, 0.2) is 0 Å². The molecule has 0 heteroatoms. The topological polar surface area (TPSA) is 0 Å². The van der Waals surface area contributed by atoms with Crippen molar-refractivity contribution in [3.8, 4) is 55.6 Å². The first-order valence-electron chi connectivity index (χ1n) is 18.0. The van der Waals surface area contributed by atoms with Gasteiger partial charge in [0.2, 0.25) is 0 Å². The predicted octanol–water partition coefficient (Wildman–Crippen LogP) is 14.6. The summed E-state index contributed by atoms with van der Waals surface area (Å²) in [5, 5.41) is 10.1. The molecule has 0 heterocycles. The summed E-state index contributed by atoms with van der Waals surface area (Å²) in [6, 6.07) is 75.6. The SMILES string of the molecule is c1ccc(-c2c(-c3ccccc3)c3cc(-c4cccc5ccccc45)ccc3c3ccc(-c4ccc(-c5ccc6ccccc6c5)cc4)cc23)cc1. The fourth-order valence-corrected chi connectivity index (χ4v) is 8.10. The number of benzene rings is 10. The Hall–Kier alpha value is -6.76. The third kappa shape index (κ3) is 5.16. The van der Waals surface area contributed by atoms with Crippen LogP contribution in [0.5, 0.6) is 0 Å². The highest BCUT2D eigenvalue weighted by Crippen LogP contribution is 2.47. The van der Waals surface area contributed by atoms with E-state index in [0.717, 1.165) is 0 Å². The first-order chi connectivity index (χ1) is 25.8. The van der Waals surface area contributed by atoms with E-state index in [2.05, 4.69) is 206 Å². The summed E-state index contributed by atoms with van der Waals surface area (Å²) in [5.41, 5.74) is 12.3. The Morgan fingerprint density at radius 3 is 1.31 bits per heavy atom. The molecule has 0 aliphatic carbocycles. The zero-order chi connectivity index (χ0) is 34.4. The van der Waals surface area contributed by atoms with Gasteiger partial charge in [0.1, 0.15) is 0 Å². The summed E-state index contributed by atoms with van der Waals surface area (Å²) in [6.45, 7) is 0. The van der Waals surface area contributed by atoms with Gasteiger partial charge in [0.25, 0.3) is 0 Å². The normalized spacial score (nSPS) is 11.5. The summed E-state index contributed by atoms with van der Waals surface area (Å²) in [5.74, 6) is 0. The Bertz CT molecular complexity index is 2910. The van der Waals surface area contributed by atoms with E-state index in [1.54, 1.807) is 0 Å². The minimum atomic E-state index is 1.21. The van der Waals surface area contributed by atoms with E-state index in [-0.39, 0.29) is 0 Å². The maximum Gasteiger partial charge on any atom is -0.00201 e.